The number of rotatable bonds is 12. The highest BCUT2D eigenvalue weighted by atomic mass is 31.3. The Morgan fingerprint density at radius 2 is 1.71 bits per heavy atom. The molecule has 0 aromatic rings. The predicted octanol–water partition coefficient (Wildman–Crippen LogP) is 4.71. The molecule has 9 heteroatoms. The first-order chi connectivity index (χ1) is 10.9. The zero-order valence-electron chi connectivity index (χ0n) is 14.8. The van der Waals surface area contributed by atoms with Crippen LogP contribution in [0.4, 0.5) is 0 Å². The molecule has 0 spiro atoms. The van der Waals surface area contributed by atoms with Gasteiger partial charge in [0.05, 0.1) is 6.61 Å². The molecular weight excluding hydrogens is 354 g/mol. The molecule has 2 atom stereocenters. The Hall–Kier alpha value is -0.260. The minimum absolute atomic E-state index is 0.240. The lowest BCUT2D eigenvalue weighted by Crippen LogP contribution is -1.96. The van der Waals surface area contributed by atoms with Gasteiger partial charge >= 0.3 is 15.6 Å². The molecule has 142 valence electrons. The lowest BCUT2D eigenvalue weighted by molar-refractivity contribution is 0.191. The number of hydrogen-bond acceptors (Lipinski definition) is 4. The summed E-state index contributed by atoms with van der Waals surface area (Å²) < 4.78 is 29.9. The Bertz CT molecular complexity index is 518. The zero-order valence-corrected chi connectivity index (χ0v) is 16.6. The van der Waals surface area contributed by atoms with Gasteiger partial charge in [0, 0.05) is 0 Å². The monoisotopic (exact) mass is 384 g/mol. The highest BCUT2D eigenvalue weighted by molar-refractivity contribution is 7.60. The SMILES string of the molecule is CC(C)=CCCC(C)CCC/C(C)=C/COP(=O)(O)OP(=O)(O)O. The van der Waals surface area contributed by atoms with E-state index in [0.717, 1.165) is 37.7 Å². The summed E-state index contributed by atoms with van der Waals surface area (Å²) in [6.07, 6.45) is 9.05. The maximum absolute atomic E-state index is 11.2. The summed E-state index contributed by atoms with van der Waals surface area (Å²) in [5.41, 5.74) is 2.33. The first kappa shape index (κ1) is 23.7. The van der Waals surface area contributed by atoms with Gasteiger partial charge in [0.25, 0.3) is 0 Å². The highest BCUT2D eigenvalue weighted by Crippen LogP contribution is 2.57. The molecule has 0 radical (unpaired) electrons. The summed E-state index contributed by atoms with van der Waals surface area (Å²) in [6.45, 7) is 8.05. The van der Waals surface area contributed by atoms with Crippen LogP contribution in [0.1, 0.15) is 59.8 Å². The molecule has 0 aliphatic rings. The standard InChI is InChI=1S/C15H30O7P2/c1-13(2)7-5-8-14(3)9-6-10-15(4)11-12-21-24(19,20)22-23(16,17)18/h7,11,14H,5-6,8-10,12H2,1-4H3,(H,19,20)(H2,16,17,18)/b15-11+. The van der Waals surface area contributed by atoms with Gasteiger partial charge in [-0.2, -0.15) is 4.31 Å². The van der Waals surface area contributed by atoms with E-state index in [-0.39, 0.29) is 6.61 Å². The van der Waals surface area contributed by atoms with Crippen LogP contribution in [0.2, 0.25) is 0 Å². The minimum atomic E-state index is -5.06. The van der Waals surface area contributed by atoms with Crippen molar-refractivity contribution in [3.05, 3.63) is 23.3 Å². The van der Waals surface area contributed by atoms with Gasteiger partial charge in [-0.1, -0.05) is 36.6 Å². The summed E-state index contributed by atoms with van der Waals surface area (Å²) in [5.74, 6) is 0.638. The Kier molecular flexibility index (Phi) is 11.3. The van der Waals surface area contributed by atoms with E-state index in [1.165, 1.54) is 5.57 Å². The second kappa shape index (κ2) is 11.4. The fourth-order valence-electron chi connectivity index (χ4n) is 2.06. The maximum atomic E-state index is 11.2. The third kappa shape index (κ3) is 15.3. The predicted molar refractivity (Wildman–Crippen MR) is 94.3 cm³/mol. The summed E-state index contributed by atoms with van der Waals surface area (Å²) >= 11 is 0. The van der Waals surface area contributed by atoms with Crippen molar-refractivity contribution < 1.29 is 32.6 Å². The first-order valence-corrected chi connectivity index (χ1v) is 11.0. The van der Waals surface area contributed by atoms with Crippen LogP contribution >= 0.6 is 15.6 Å². The Labute approximate surface area is 144 Å². The fourth-order valence-corrected chi connectivity index (χ4v) is 3.59. The topological polar surface area (TPSA) is 113 Å². The molecule has 24 heavy (non-hydrogen) atoms. The van der Waals surface area contributed by atoms with Gasteiger partial charge in [0.15, 0.2) is 0 Å². The van der Waals surface area contributed by atoms with Crippen molar-refractivity contribution in [3.63, 3.8) is 0 Å². The van der Waals surface area contributed by atoms with Crippen LogP contribution in [0.15, 0.2) is 23.3 Å². The average molecular weight is 384 g/mol. The molecule has 0 aliphatic carbocycles. The molecule has 0 aliphatic heterocycles. The van der Waals surface area contributed by atoms with Crippen LogP contribution in [0.5, 0.6) is 0 Å². The van der Waals surface area contributed by atoms with Gasteiger partial charge in [0.1, 0.15) is 0 Å². The van der Waals surface area contributed by atoms with Crippen LogP contribution in [-0.2, 0) is 18.0 Å². The molecule has 2 unspecified atom stereocenters. The lowest BCUT2D eigenvalue weighted by atomic mass is 9.97. The first-order valence-electron chi connectivity index (χ1n) is 7.94. The zero-order chi connectivity index (χ0) is 18.8. The van der Waals surface area contributed by atoms with Crippen molar-refractivity contribution in [1.82, 2.24) is 0 Å². The van der Waals surface area contributed by atoms with Crippen molar-refractivity contribution in [2.24, 2.45) is 5.92 Å². The van der Waals surface area contributed by atoms with E-state index in [1.807, 2.05) is 6.92 Å². The van der Waals surface area contributed by atoms with Gasteiger partial charge in [0.2, 0.25) is 0 Å². The summed E-state index contributed by atoms with van der Waals surface area (Å²) in [7, 11) is -9.80. The van der Waals surface area contributed by atoms with Crippen LogP contribution in [0, 0.1) is 5.92 Å². The number of phosphoric ester groups is 1. The molecule has 0 rings (SSSR count). The van der Waals surface area contributed by atoms with Crippen LogP contribution in [-0.4, -0.2) is 21.3 Å². The molecule has 7 nitrogen and oxygen atoms in total. The van der Waals surface area contributed by atoms with Gasteiger partial charge in [-0.3, -0.25) is 4.52 Å². The molecule has 0 saturated heterocycles. The third-order valence-corrected chi connectivity index (χ3v) is 5.51. The second-order valence-electron chi connectivity index (χ2n) is 6.24. The number of hydrogen-bond donors (Lipinski definition) is 3. The van der Waals surface area contributed by atoms with E-state index < -0.39 is 15.6 Å². The summed E-state index contributed by atoms with van der Waals surface area (Å²) in [5, 5.41) is 0. The van der Waals surface area contributed by atoms with Crippen molar-refractivity contribution in [2.45, 2.75) is 59.8 Å². The van der Waals surface area contributed by atoms with E-state index >= 15 is 0 Å². The van der Waals surface area contributed by atoms with Gasteiger partial charge < -0.3 is 14.7 Å². The van der Waals surface area contributed by atoms with Crippen molar-refractivity contribution in [1.29, 1.82) is 0 Å². The molecule has 0 heterocycles. The highest BCUT2D eigenvalue weighted by Gasteiger charge is 2.31. The number of allylic oxidation sites excluding steroid dienone is 3. The maximum Gasteiger partial charge on any atom is 0.481 e. The summed E-state index contributed by atoms with van der Waals surface area (Å²) in [6, 6.07) is 0. The lowest BCUT2D eigenvalue weighted by Gasteiger charge is -2.12. The molecule has 0 amide bonds. The van der Waals surface area contributed by atoms with Gasteiger partial charge in [-0.05, 0) is 52.4 Å². The smallest absolute Gasteiger partial charge is 0.302 e. The van der Waals surface area contributed by atoms with Crippen molar-refractivity contribution in [3.8, 4) is 0 Å². The Morgan fingerprint density at radius 3 is 2.25 bits per heavy atom. The number of phosphoric acid groups is 2. The van der Waals surface area contributed by atoms with E-state index in [1.54, 1.807) is 6.08 Å². The fraction of sp³-hybridized carbons (Fsp3) is 0.733. The van der Waals surface area contributed by atoms with Crippen molar-refractivity contribution in [2.75, 3.05) is 6.61 Å². The molecule has 0 aromatic carbocycles. The van der Waals surface area contributed by atoms with E-state index in [9.17, 15) is 9.13 Å². The normalized spacial score (nSPS) is 16.5. The molecule has 3 N–H and O–H groups in total. The Balaban J connectivity index is 4.01. The third-order valence-electron chi connectivity index (χ3n) is 3.36. The van der Waals surface area contributed by atoms with Crippen molar-refractivity contribution >= 4 is 15.6 Å². The van der Waals surface area contributed by atoms with E-state index in [2.05, 4.69) is 35.7 Å². The molecule has 0 aromatic heterocycles. The Morgan fingerprint density at radius 1 is 1.08 bits per heavy atom. The quantitative estimate of drug-likeness (QED) is 0.330. The molecular formula is C15H30O7P2. The van der Waals surface area contributed by atoms with Gasteiger partial charge in [-0.15, -0.1) is 0 Å². The van der Waals surface area contributed by atoms with E-state index in [0.29, 0.717) is 5.92 Å². The van der Waals surface area contributed by atoms with Crippen LogP contribution in [0.25, 0.3) is 0 Å². The van der Waals surface area contributed by atoms with Crippen LogP contribution < -0.4 is 0 Å². The summed E-state index contributed by atoms with van der Waals surface area (Å²) in [4.78, 5) is 26.1. The van der Waals surface area contributed by atoms with E-state index in [4.69, 9.17) is 14.7 Å². The molecule has 0 saturated carbocycles. The molecule has 0 fully saturated rings. The average Bonchev–Trinajstić information content (AvgIpc) is 2.34. The molecule has 0 bridgehead atoms. The van der Waals surface area contributed by atoms with Crippen LogP contribution in [0.3, 0.4) is 0 Å². The largest absolute Gasteiger partial charge is 0.481 e. The second-order valence-corrected chi connectivity index (χ2v) is 9.07. The minimum Gasteiger partial charge on any atom is -0.302 e. The van der Waals surface area contributed by atoms with Gasteiger partial charge in [-0.25, -0.2) is 9.13 Å².